The summed E-state index contributed by atoms with van der Waals surface area (Å²) < 4.78 is 3.84. The van der Waals surface area contributed by atoms with E-state index >= 15 is 0 Å². The van der Waals surface area contributed by atoms with Crippen LogP contribution in [0.4, 0.5) is 0 Å². The molecule has 18 heavy (non-hydrogen) atoms. The molecule has 0 aliphatic heterocycles. The van der Waals surface area contributed by atoms with E-state index in [0.717, 1.165) is 20.9 Å². The Labute approximate surface area is 124 Å². The number of aryl methyl sites for hydroxylation is 2. The van der Waals surface area contributed by atoms with Gasteiger partial charge in [0.2, 0.25) is 0 Å². The SMILES string of the molecule is CNC(Cc1c(Br)c(C)nn1C)c1ccc(Cl)s1. The minimum atomic E-state index is 0.258. The zero-order chi connectivity index (χ0) is 13.3. The van der Waals surface area contributed by atoms with E-state index in [1.54, 1.807) is 11.3 Å². The van der Waals surface area contributed by atoms with Gasteiger partial charge >= 0.3 is 0 Å². The molecular formula is C12H15BrClN3S. The molecule has 0 spiro atoms. The van der Waals surface area contributed by atoms with Crippen molar-refractivity contribution in [2.24, 2.45) is 7.05 Å². The van der Waals surface area contributed by atoms with Crippen LogP contribution >= 0.6 is 38.9 Å². The fourth-order valence-electron chi connectivity index (χ4n) is 1.96. The Morgan fingerprint density at radius 3 is 2.72 bits per heavy atom. The molecule has 98 valence electrons. The quantitative estimate of drug-likeness (QED) is 0.913. The van der Waals surface area contributed by atoms with Gasteiger partial charge in [0.1, 0.15) is 0 Å². The molecule has 1 unspecified atom stereocenters. The largest absolute Gasteiger partial charge is 0.312 e. The zero-order valence-electron chi connectivity index (χ0n) is 10.5. The first-order valence-corrected chi connectivity index (χ1v) is 7.62. The van der Waals surface area contributed by atoms with Crippen LogP contribution in [0.1, 0.15) is 22.3 Å². The average molecular weight is 349 g/mol. The predicted octanol–water partition coefficient (Wildman–Crippen LogP) is 3.71. The van der Waals surface area contributed by atoms with Gasteiger partial charge in [0.15, 0.2) is 0 Å². The Morgan fingerprint density at radius 1 is 1.56 bits per heavy atom. The van der Waals surface area contributed by atoms with Crippen molar-refractivity contribution < 1.29 is 0 Å². The van der Waals surface area contributed by atoms with E-state index in [0.29, 0.717) is 0 Å². The number of aromatic nitrogens is 2. The van der Waals surface area contributed by atoms with E-state index in [9.17, 15) is 0 Å². The fraction of sp³-hybridized carbons (Fsp3) is 0.417. The van der Waals surface area contributed by atoms with Crippen LogP contribution in [-0.2, 0) is 13.5 Å². The molecule has 0 fully saturated rings. The van der Waals surface area contributed by atoms with Crippen LogP contribution in [0.3, 0.4) is 0 Å². The second-order valence-electron chi connectivity index (χ2n) is 4.16. The summed E-state index contributed by atoms with van der Waals surface area (Å²) in [7, 11) is 3.94. The van der Waals surface area contributed by atoms with Gasteiger partial charge in [-0.25, -0.2) is 0 Å². The van der Waals surface area contributed by atoms with Crippen molar-refractivity contribution in [3.63, 3.8) is 0 Å². The standard InChI is InChI=1S/C12H15BrClN3S/c1-7-12(13)9(17(3)16-7)6-8(15-2)10-4-5-11(14)18-10/h4-5,8,15H,6H2,1-3H3. The molecule has 1 N–H and O–H groups in total. The predicted molar refractivity (Wildman–Crippen MR) is 80.5 cm³/mol. The highest BCUT2D eigenvalue weighted by Gasteiger charge is 2.18. The van der Waals surface area contributed by atoms with Gasteiger partial charge in [0.05, 0.1) is 20.2 Å². The lowest BCUT2D eigenvalue weighted by Crippen LogP contribution is -2.19. The minimum absolute atomic E-state index is 0.258. The van der Waals surface area contributed by atoms with E-state index in [-0.39, 0.29) is 6.04 Å². The van der Waals surface area contributed by atoms with E-state index < -0.39 is 0 Å². The van der Waals surface area contributed by atoms with Crippen molar-refractivity contribution >= 4 is 38.9 Å². The maximum atomic E-state index is 6.00. The van der Waals surface area contributed by atoms with E-state index in [1.165, 1.54) is 10.6 Å². The van der Waals surface area contributed by atoms with Gasteiger partial charge < -0.3 is 5.32 Å². The van der Waals surface area contributed by atoms with Crippen LogP contribution in [0.5, 0.6) is 0 Å². The summed E-state index contributed by atoms with van der Waals surface area (Å²) in [5, 5.41) is 7.75. The van der Waals surface area contributed by atoms with Crippen molar-refractivity contribution in [1.29, 1.82) is 0 Å². The van der Waals surface area contributed by atoms with Crippen LogP contribution < -0.4 is 5.32 Å². The first kappa shape index (κ1) is 14.1. The summed E-state index contributed by atoms with van der Waals surface area (Å²) >= 11 is 11.2. The molecule has 0 aliphatic rings. The van der Waals surface area contributed by atoms with Gasteiger partial charge in [0, 0.05) is 24.4 Å². The van der Waals surface area contributed by atoms with Gasteiger partial charge in [-0.05, 0) is 42.0 Å². The van der Waals surface area contributed by atoms with E-state index in [2.05, 4.69) is 32.4 Å². The molecule has 0 radical (unpaired) electrons. The molecule has 1 atom stereocenters. The van der Waals surface area contributed by atoms with E-state index in [4.69, 9.17) is 11.6 Å². The van der Waals surface area contributed by atoms with E-state index in [1.807, 2.05) is 31.8 Å². The Balaban J connectivity index is 2.25. The summed E-state index contributed by atoms with van der Waals surface area (Å²) in [5.41, 5.74) is 2.21. The van der Waals surface area contributed by atoms with Gasteiger partial charge in [0.25, 0.3) is 0 Å². The van der Waals surface area contributed by atoms with Gasteiger partial charge in [-0.15, -0.1) is 11.3 Å². The monoisotopic (exact) mass is 347 g/mol. The molecule has 2 heterocycles. The molecule has 3 nitrogen and oxygen atoms in total. The molecule has 0 amide bonds. The van der Waals surface area contributed by atoms with Crippen LogP contribution in [0.25, 0.3) is 0 Å². The highest BCUT2D eigenvalue weighted by molar-refractivity contribution is 9.10. The molecule has 2 aromatic rings. The minimum Gasteiger partial charge on any atom is -0.312 e. The number of nitrogens with one attached hydrogen (secondary N) is 1. The van der Waals surface area contributed by atoms with Crippen molar-refractivity contribution in [2.45, 2.75) is 19.4 Å². The van der Waals surface area contributed by atoms with Crippen molar-refractivity contribution in [1.82, 2.24) is 15.1 Å². The fourth-order valence-corrected chi connectivity index (χ4v) is 3.62. The van der Waals surface area contributed by atoms with Crippen molar-refractivity contribution in [3.05, 3.63) is 37.2 Å². The maximum Gasteiger partial charge on any atom is 0.0931 e. The second kappa shape index (κ2) is 5.74. The normalized spacial score (nSPS) is 12.9. The lowest BCUT2D eigenvalue weighted by atomic mass is 10.1. The number of hydrogen-bond acceptors (Lipinski definition) is 3. The average Bonchev–Trinajstić information content (AvgIpc) is 2.84. The van der Waals surface area contributed by atoms with Crippen molar-refractivity contribution in [2.75, 3.05) is 7.05 Å². The molecule has 0 aliphatic carbocycles. The number of halogens is 2. The Morgan fingerprint density at radius 2 is 2.28 bits per heavy atom. The second-order valence-corrected chi connectivity index (χ2v) is 6.70. The smallest absolute Gasteiger partial charge is 0.0931 e. The first-order chi connectivity index (χ1) is 8.52. The number of thiophene rings is 1. The third kappa shape index (κ3) is 2.79. The summed E-state index contributed by atoms with van der Waals surface area (Å²) in [6.07, 6.45) is 0.880. The lowest BCUT2D eigenvalue weighted by molar-refractivity contribution is 0.568. The molecule has 0 aromatic carbocycles. The van der Waals surface area contributed by atoms with Crippen LogP contribution in [-0.4, -0.2) is 16.8 Å². The van der Waals surface area contributed by atoms with Crippen LogP contribution in [0, 0.1) is 6.92 Å². The Bertz CT molecular complexity index is 550. The number of hydrogen-bond donors (Lipinski definition) is 1. The van der Waals surface area contributed by atoms with Crippen LogP contribution in [0.15, 0.2) is 16.6 Å². The summed E-state index contributed by atoms with van der Waals surface area (Å²) in [6, 6.07) is 4.27. The first-order valence-electron chi connectivity index (χ1n) is 5.63. The molecule has 6 heteroatoms. The molecule has 0 saturated carbocycles. The number of rotatable bonds is 4. The highest BCUT2D eigenvalue weighted by Crippen LogP contribution is 2.31. The van der Waals surface area contributed by atoms with Gasteiger partial charge in [-0.3, -0.25) is 4.68 Å². The third-order valence-corrected chi connectivity index (χ3v) is 5.32. The molecule has 2 aromatic heterocycles. The Kier molecular flexibility index (Phi) is 4.48. The maximum absolute atomic E-state index is 6.00. The summed E-state index contributed by atoms with van der Waals surface area (Å²) in [6.45, 7) is 2.00. The lowest BCUT2D eigenvalue weighted by Gasteiger charge is -2.15. The summed E-state index contributed by atoms with van der Waals surface area (Å²) in [5.74, 6) is 0. The number of likely N-dealkylation sites (N-methyl/N-ethyl adjacent to an activating group) is 1. The third-order valence-electron chi connectivity index (χ3n) is 2.95. The molecule has 0 saturated heterocycles. The Hall–Kier alpha value is -0.360. The topological polar surface area (TPSA) is 29.9 Å². The van der Waals surface area contributed by atoms with Gasteiger partial charge in [-0.1, -0.05) is 11.6 Å². The number of nitrogens with zero attached hydrogens (tertiary/aromatic N) is 2. The summed E-state index contributed by atoms with van der Waals surface area (Å²) in [4.78, 5) is 1.24. The van der Waals surface area contributed by atoms with Crippen LogP contribution in [0.2, 0.25) is 4.34 Å². The highest BCUT2D eigenvalue weighted by atomic mass is 79.9. The zero-order valence-corrected chi connectivity index (χ0v) is 13.7. The molecular weight excluding hydrogens is 334 g/mol. The molecule has 0 bridgehead atoms. The molecule has 2 rings (SSSR count). The van der Waals surface area contributed by atoms with Gasteiger partial charge in [-0.2, -0.15) is 5.10 Å². The van der Waals surface area contributed by atoms with Crippen molar-refractivity contribution in [3.8, 4) is 0 Å².